The first-order valence-corrected chi connectivity index (χ1v) is 5.49. The molecule has 0 bridgehead atoms. The maximum absolute atomic E-state index is 5.83. The summed E-state index contributed by atoms with van der Waals surface area (Å²) in [5, 5.41) is 4.08. The number of hydrogen-bond donors (Lipinski definition) is 1. The third kappa shape index (κ3) is 3.56. The minimum absolute atomic E-state index is 0.777. The van der Waals surface area contributed by atoms with Crippen LogP contribution in [0.3, 0.4) is 0 Å². The summed E-state index contributed by atoms with van der Waals surface area (Å²) < 4.78 is 1.15. The highest BCUT2D eigenvalue weighted by atomic mass is 127. The van der Waals surface area contributed by atoms with Gasteiger partial charge in [0.2, 0.25) is 0 Å². The first-order valence-electron chi connectivity index (χ1n) is 4.04. The monoisotopic (exact) mass is 307 g/mol. The molecule has 1 aromatic rings. The van der Waals surface area contributed by atoms with Gasteiger partial charge >= 0.3 is 0 Å². The van der Waals surface area contributed by atoms with Crippen LogP contribution in [-0.2, 0) is 0 Å². The third-order valence-electron chi connectivity index (χ3n) is 1.60. The molecule has 0 aliphatic rings. The molecule has 1 aromatic carbocycles. The van der Waals surface area contributed by atoms with E-state index in [4.69, 9.17) is 11.6 Å². The van der Waals surface area contributed by atoms with Gasteiger partial charge in [0.1, 0.15) is 0 Å². The molecule has 0 aromatic heterocycles. The first-order chi connectivity index (χ1) is 6.24. The van der Waals surface area contributed by atoms with Crippen LogP contribution in [-0.4, -0.2) is 6.54 Å². The Bertz CT molecular complexity index is 299. The number of halogens is 2. The summed E-state index contributed by atoms with van der Waals surface area (Å²) in [6.45, 7) is 4.58. The lowest BCUT2D eigenvalue weighted by atomic mass is 10.3. The SMILES string of the molecule is C=CCCNc1ccc(Cl)cc1I. The highest BCUT2D eigenvalue weighted by Gasteiger charge is 1.98. The van der Waals surface area contributed by atoms with Crippen molar-refractivity contribution in [3.05, 3.63) is 39.4 Å². The van der Waals surface area contributed by atoms with Crippen molar-refractivity contribution in [3.63, 3.8) is 0 Å². The van der Waals surface area contributed by atoms with Crippen LogP contribution in [0.4, 0.5) is 5.69 Å². The van der Waals surface area contributed by atoms with Crippen LogP contribution < -0.4 is 5.32 Å². The van der Waals surface area contributed by atoms with Crippen LogP contribution in [0.1, 0.15) is 6.42 Å². The summed E-state index contributed by atoms with van der Waals surface area (Å²) in [7, 11) is 0. The molecule has 0 amide bonds. The van der Waals surface area contributed by atoms with Crippen molar-refractivity contribution in [2.45, 2.75) is 6.42 Å². The van der Waals surface area contributed by atoms with Crippen molar-refractivity contribution in [3.8, 4) is 0 Å². The number of rotatable bonds is 4. The molecule has 3 heteroatoms. The van der Waals surface area contributed by atoms with Crippen LogP contribution in [0.2, 0.25) is 5.02 Å². The molecule has 1 nitrogen and oxygen atoms in total. The molecule has 0 spiro atoms. The smallest absolute Gasteiger partial charge is 0.0477 e. The van der Waals surface area contributed by atoms with Gasteiger partial charge in [-0.15, -0.1) is 6.58 Å². The summed E-state index contributed by atoms with van der Waals surface area (Å²) in [5.41, 5.74) is 1.13. The second-order valence-electron chi connectivity index (χ2n) is 2.63. The molecule has 1 rings (SSSR count). The highest BCUT2D eigenvalue weighted by molar-refractivity contribution is 14.1. The van der Waals surface area contributed by atoms with E-state index in [0.717, 1.165) is 27.2 Å². The predicted molar refractivity (Wildman–Crippen MR) is 67.5 cm³/mol. The summed E-state index contributed by atoms with van der Waals surface area (Å²) in [6, 6.07) is 5.82. The molecular weight excluding hydrogens is 296 g/mol. The van der Waals surface area contributed by atoms with Gasteiger partial charge in [-0.2, -0.15) is 0 Å². The van der Waals surface area contributed by atoms with Crippen LogP contribution in [0, 0.1) is 3.57 Å². The highest BCUT2D eigenvalue weighted by Crippen LogP contribution is 2.21. The average Bonchev–Trinajstić information content (AvgIpc) is 2.09. The van der Waals surface area contributed by atoms with E-state index in [2.05, 4.69) is 34.5 Å². The molecule has 1 N–H and O–H groups in total. The van der Waals surface area contributed by atoms with Crippen molar-refractivity contribution < 1.29 is 0 Å². The van der Waals surface area contributed by atoms with Crippen molar-refractivity contribution >= 4 is 39.9 Å². The zero-order valence-electron chi connectivity index (χ0n) is 7.19. The fraction of sp³-hybridized carbons (Fsp3) is 0.200. The van der Waals surface area contributed by atoms with E-state index in [1.165, 1.54) is 0 Å². The Morgan fingerprint density at radius 2 is 2.31 bits per heavy atom. The van der Waals surface area contributed by atoms with Crippen LogP contribution in [0.15, 0.2) is 30.9 Å². The molecule has 0 radical (unpaired) electrons. The Kier molecular flexibility index (Phi) is 4.59. The average molecular weight is 308 g/mol. The minimum atomic E-state index is 0.777. The van der Waals surface area contributed by atoms with Crippen LogP contribution >= 0.6 is 34.2 Å². The standard InChI is InChI=1S/C10H11ClIN/c1-2-3-6-13-10-5-4-8(11)7-9(10)12/h2,4-5,7,13H,1,3,6H2. The normalized spacial score (nSPS) is 9.69. The Labute approximate surface area is 97.3 Å². The molecule has 70 valence electrons. The van der Waals surface area contributed by atoms with Crippen LogP contribution in [0.5, 0.6) is 0 Å². The van der Waals surface area contributed by atoms with Gasteiger partial charge in [-0.25, -0.2) is 0 Å². The van der Waals surface area contributed by atoms with E-state index >= 15 is 0 Å². The summed E-state index contributed by atoms with van der Waals surface area (Å²) in [6.07, 6.45) is 2.87. The van der Waals surface area contributed by atoms with Crippen LogP contribution in [0.25, 0.3) is 0 Å². The molecule has 0 fully saturated rings. The summed E-state index contributed by atoms with van der Waals surface area (Å²) in [4.78, 5) is 0. The van der Waals surface area contributed by atoms with Gasteiger partial charge in [-0.05, 0) is 47.2 Å². The fourth-order valence-electron chi connectivity index (χ4n) is 0.942. The topological polar surface area (TPSA) is 12.0 Å². The quantitative estimate of drug-likeness (QED) is 0.505. The summed E-state index contributed by atoms with van der Waals surface area (Å²) >= 11 is 8.09. The Morgan fingerprint density at radius 1 is 1.54 bits per heavy atom. The number of hydrogen-bond acceptors (Lipinski definition) is 1. The van der Waals surface area contributed by atoms with Gasteiger partial charge < -0.3 is 5.32 Å². The molecule has 13 heavy (non-hydrogen) atoms. The lowest BCUT2D eigenvalue weighted by Gasteiger charge is -2.06. The number of anilines is 1. The number of nitrogens with one attached hydrogen (secondary N) is 1. The second kappa shape index (κ2) is 5.50. The van der Waals surface area contributed by atoms with Crippen molar-refractivity contribution in [1.29, 1.82) is 0 Å². The number of benzene rings is 1. The van der Waals surface area contributed by atoms with Gasteiger partial charge in [-0.1, -0.05) is 17.7 Å². The van der Waals surface area contributed by atoms with E-state index in [0.29, 0.717) is 0 Å². The van der Waals surface area contributed by atoms with Crippen molar-refractivity contribution in [2.24, 2.45) is 0 Å². The molecule has 0 atom stereocenters. The van der Waals surface area contributed by atoms with E-state index in [-0.39, 0.29) is 0 Å². The predicted octanol–water partition coefficient (Wildman–Crippen LogP) is 3.93. The molecular formula is C10H11ClIN. The van der Waals surface area contributed by atoms with E-state index in [1.807, 2.05) is 24.3 Å². The molecule has 0 aliphatic carbocycles. The Hall–Kier alpha value is -0.220. The van der Waals surface area contributed by atoms with E-state index < -0.39 is 0 Å². The lowest BCUT2D eigenvalue weighted by molar-refractivity contribution is 1.07. The summed E-state index contributed by atoms with van der Waals surface area (Å²) in [5.74, 6) is 0. The van der Waals surface area contributed by atoms with Gasteiger partial charge in [0, 0.05) is 20.8 Å². The Balaban J connectivity index is 2.61. The maximum atomic E-state index is 5.83. The fourth-order valence-corrected chi connectivity index (χ4v) is 2.00. The lowest BCUT2D eigenvalue weighted by Crippen LogP contribution is -2.01. The van der Waals surface area contributed by atoms with Gasteiger partial charge in [0.15, 0.2) is 0 Å². The first kappa shape index (κ1) is 10.9. The Morgan fingerprint density at radius 3 is 2.92 bits per heavy atom. The molecule has 0 aliphatic heterocycles. The molecule has 0 saturated heterocycles. The van der Waals surface area contributed by atoms with Crippen molar-refractivity contribution in [2.75, 3.05) is 11.9 Å². The van der Waals surface area contributed by atoms with Gasteiger partial charge in [-0.3, -0.25) is 0 Å². The van der Waals surface area contributed by atoms with Gasteiger partial charge in [0.05, 0.1) is 0 Å². The molecule has 0 heterocycles. The molecule has 0 unspecified atom stereocenters. The zero-order valence-corrected chi connectivity index (χ0v) is 10.1. The van der Waals surface area contributed by atoms with Gasteiger partial charge in [0.25, 0.3) is 0 Å². The minimum Gasteiger partial charge on any atom is -0.384 e. The third-order valence-corrected chi connectivity index (χ3v) is 2.72. The van der Waals surface area contributed by atoms with E-state index in [9.17, 15) is 0 Å². The molecule has 0 saturated carbocycles. The van der Waals surface area contributed by atoms with Crippen molar-refractivity contribution in [1.82, 2.24) is 0 Å². The second-order valence-corrected chi connectivity index (χ2v) is 4.23. The van der Waals surface area contributed by atoms with E-state index in [1.54, 1.807) is 0 Å². The zero-order chi connectivity index (χ0) is 9.68. The largest absolute Gasteiger partial charge is 0.384 e. The maximum Gasteiger partial charge on any atom is 0.0477 e.